The number of aromatic nitrogens is 4. The first-order valence-electron chi connectivity index (χ1n) is 9.45. The lowest BCUT2D eigenvalue weighted by Gasteiger charge is -2.40. The van der Waals surface area contributed by atoms with Crippen molar-refractivity contribution in [3.05, 3.63) is 30.6 Å². The molecule has 0 bridgehead atoms. The Hall–Kier alpha value is -1.83. The van der Waals surface area contributed by atoms with Crippen molar-refractivity contribution in [1.29, 1.82) is 0 Å². The number of aryl methyl sites for hydroxylation is 1. The Balaban J connectivity index is 1.53. The number of ether oxygens (including phenoxy) is 1. The van der Waals surface area contributed by atoms with E-state index in [1.807, 2.05) is 17.8 Å². The van der Waals surface area contributed by atoms with Crippen molar-refractivity contribution in [1.82, 2.24) is 24.4 Å². The normalized spacial score (nSPS) is 23.8. The molecule has 1 atom stereocenters. The van der Waals surface area contributed by atoms with Gasteiger partial charge < -0.3 is 14.4 Å². The minimum atomic E-state index is -0.618. The van der Waals surface area contributed by atoms with Gasteiger partial charge in [-0.05, 0) is 19.4 Å². The second kappa shape index (κ2) is 7.42. The van der Waals surface area contributed by atoms with Crippen LogP contribution in [0, 0.1) is 0 Å². The maximum atomic E-state index is 10.9. The van der Waals surface area contributed by atoms with Crippen LogP contribution >= 0.6 is 0 Å². The third-order valence-corrected chi connectivity index (χ3v) is 5.62. The summed E-state index contributed by atoms with van der Waals surface area (Å²) in [5.41, 5.74) is 2.34. The van der Waals surface area contributed by atoms with Crippen LogP contribution in [0.5, 0.6) is 0 Å². The van der Waals surface area contributed by atoms with Gasteiger partial charge in [0.1, 0.15) is 5.69 Å². The van der Waals surface area contributed by atoms with Crippen LogP contribution < -0.4 is 0 Å². The highest BCUT2D eigenvalue weighted by molar-refractivity contribution is 5.57. The maximum absolute atomic E-state index is 10.9. The molecule has 26 heavy (non-hydrogen) atoms. The van der Waals surface area contributed by atoms with Gasteiger partial charge in [-0.3, -0.25) is 14.9 Å². The number of imidazole rings is 1. The van der Waals surface area contributed by atoms with Gasteiger partial charge in [-0.2, -0.15) is 0 Å². The van der Waals surface area contributed by atoms with Gasteiger partial charge >= 0.3 is 0 Å². The molecule has 0 aliphatic carbocycles. The van der Waals surface area contributed by atoms with E-state index in [0.717, 1.165) is 55.9 Å². The van der Waals surface area contributed by atoms with Crippen LogP contribution in [0.15, 0.2) is 24.9 Å². The third-order valence-electron chi connectivity index (χ3n) is 5.62. The largest absolute Gasteiger partial charge is 0.388 e. The van der Waals surface area contributed by atoms with Crippen molar-refractivity contribution < 1.29 is 9.84 Å². The van der Waals surface area contributed by atoms with Gasteiger partial charge in [-0.25, -0.2) is 4.98 Å². The van der Waals surface area contributed by atoms with Crippen LogP contribution in [0.25, 0.3) is 11.4 Å². The summed E-state index contributed by atoms with van der Waals surface area (Å²) in [6, 6.07) is 0. The molecule has 0 saturated carbocycles. The Bertz CT molecular complexity index is 741. The van der Waals surface area contributed by atoms with Gasteiger partial charge in [-0.15, -0.1) is 0 Å². The van der Waals surface area contributed by atoms with Crippen LogP contribution in [-0.4, -0.2) is 68.0 Å². The molecule has 0 amide bonds. The lowest BCUT2D eigenvalue weighted by molar-refractivity contribution is -0.0824. The molecule has 140 valence electrons. The zero-order chi connectivity index (χ0) is 18.0. The lowest BCUT2D eigenvalue weighted by Crippen LogP contribution is -2.49. The molecular weight excluding hydrogens is 330 g/mol. The number of aliphatic hydroxyl groups is 1. The number of likely N-dealkylation sites (tertiary alicyclic amines) is 1. The fourth-order valence-corrected chi connectivity index (χ4v) is 4.18. The summed E-state index contributed by atoms with van der Waals surface area (Å²) in [6.45, 7) is 3.97. The number of β-amino-alcohol motifs (C(OH)–C–C–N with tert-alkyl or cyclic N) is 1. The topological polar surface area (TPSA) is 76.3 Å². The molecule has 4 heterocycles. The van der Waals surface area contributed by atoms with Crippen molar-refractivity contribution in [3.8, 4) is 11.4 Å². The second-order valence-corrected chi connectivity index (χ2v) is 7.59. The standard InChI is InChI=1S/C19H27N5O2/c1-23-14-20-11-16(23)18-17(21-6-7-22-18)15-3-2-8-24(12-15)13-19(25)4-9-26-10-5-19/h6-7,11,14-15,25H,2-5,8-10,12-13H2,1H3. The van der Waals surface area contributed by atoms with Crippen molar-refractivity contribution in [2.75, 3.05) is 32.8 Å². The SMILES string of the molecule is Cn1cncc1-c1nccnc1C1CCCN(CC2(O)CCOCC2)C1. The molecule has 1 unspecified atom stereocenters. The zero-order valence-electron chi connectivity index (χ0n) is 15.3. The van der Waals surface area contributed by atoms with E-state index in [1.54, 1.807) is 18.7 Å². The first kappa shape index (κ1) is 17.6. The highest BCUT2D eigenvalue weighted by Gasteiger charge is 2.34. The first-order chi connectivity index (χ1) is 12.6. The van der Waals surface area contributed by atoms with E-state index < -0.39 is 5.60 Å². The number of hydrogen-bond donors (Lipinski definition) is 1. The summed E-state index contributed by atoms with van der Waals surface area (Å²) < 4.78 is 7.39. The third kappa shape index (κ3) is 3.65. The van der Waals surface area contributed by atoms with E-state index >= 15 is 0 Å². The number of piperidine rings is 1. The minimum Gasteiger partial charge on any atom is -0.388 e. The van der Waals surface area contributed by atoms with Gasteiger partial charge in [0.05, 0.1) is 29.5 Å². The molecule has 0 spiro atoms. The van der Waals surface area contributed by atoms with Crippen molar-refractivity contribution in [2.24, 2.45) is 7.05 Å². The molecule has 7 heteroatoms. The Morgan fingerprint density at radius 2 is 2.08 bits per heavy atom. The molecular formula is C19H27N5O2. The first-order valence-corrected chi connectivity index (χ1v) is 9.45. The second-order valence-electron chi connectivity index (χ2n) is 7.59. The van der Waals surface area contributed by atoms with Crippen LogP contribution in [0.1, 0.15) is 37.3 Å². The summed E-state index contributed by atoms with van der Waals surface area (Å²) in [6.07, 6.45) is 10.8. The summed E-state index contributed by atoms with van der Waals surface area (Å²) in [4.78, 5) is 15.9. The van der Waals surface area contributed by atoms with E-state index in [1.165, 1.54) is 0 Å². The average Bonchev–Trinajstić information content (AvgIpc) is 3.08. The fraction of sp³-hybridized carbons (Fsp3) is 0.632. The predicted molar refractivity (Wildman–Crippen MR) is 97.7 cm³/mol. The molecule has 4 rings (SSSR count). The Morgan fingerprint density at radius 1 is 1.27 bits per heavy atom. The molecule has 2 fully saturated rings. The maximum Gasteiger partial charge on any atom is 0.110 e. The quantitative estimate of drug-likeness (QED) is 0.896. The molecule has 0 radical (unpaired) electrons. The predicted octanol–water partition coefficient (Wildman–Crippen LogP) is 1.60. The lowest BCUT2D eigenvalue weighted by atomic mass is 9.89. The summed E-state index contributed by atoms with van der Waals surface area (Å²) in [7, 11) is 1.98. The van der Waals surface area contributed by atoms with Gasteiger partial charge in [-0.1, -0.05) is 0 Å². The zero-order valence-corrected chi connectivity index (χ0v) is 15.3. The van der Waals surface area contributed by atoms with E-state index in [0.29, 0.717) is 25.7 Å². The summed E-state index contributed by atoms with van der Waals surface area (Å²) >= 11 is 0. The molecule has 2 aliphatic rings. The molecule has 2 saturated heterocycles. The highest BCUT2D eigenvalue weighted by atomic mass is 16.5. The van der Waals surface area contributed by atoms with Crippen molar-refractivity contribution in [2.45, 2.75) is 37.2 Å². The number of rotatable bonds is 4. The highest BCUT2D eigenvalue weighted by Crippen LogP contribution is 2.33. The average molecular weight is 357 g/mol. The molecule has 7 nitrogen and oxygen atoms in total. The van der Waals surface area contributed by atoms with Gasteiger partial charge in [0.2, 0.25) is 0 Å². The van der Waals surface area contributed by atoms with Crippen LogP contribution in [0.4, 0.5) is 0 Å². The Labute approximate surface area is 154 Å². The van der Waals surface area contributed by atoms with Crippen molar-refractivity contribution in [3.63, 3.8) is 0 Å². The molecule has 0 aromatic carbocycles. The number of nitrogens with zero attached hydrogens (tertiary/aromatic N) is 5. The van der Waals surface area contributed by atoms with Crippen LogP contribution in [-0.2, 0) is 11.8 Å². The van der Waals surface area contributed by atoms with Gasteiger partial charge in [0.15, 0.2) is 0 Å². The molecule has 2 aromatic heterocycles. The van der Waals surface area contributed by atoms with E-state index in [9.17, 15) is 5.11 Å². The monoisotopic (exact) mass is 357 g/mol. The smallest absolute Gasteiger partial charge is 0.110 e. The molecule has 1 N–H and O–H groups in total. The van der Waals surface area contributed by atoms with Crippen molar-refractivity contribution >= 4 is 0 Å². The fourth-order valence-electron chi connectivity index (χ4n) is 4.18. The molecule has 2 aromatic rings. The van der Waals surface area contributed by atoms with E-state index in [-0.39, 0.29) is 0 Å². The van der Waals surface area contributed by atoms with E-state index in [4.69, 9.17) is 4.74 Å². The van der Waals surface area contributed by atoms with Crippen LogP contribution in [0.3, 0.4) is 0 Å². The number of hydrogen-bond acceptors (Lipinski definition) is 6. The Morgan fingerprint density at radius 3 is 2.85 bits per heavy atom. The summed E-state index contributed by atoms with van der Waals surface area (Å²) in [5.74, 6) is 0.325. The van der Waals surface area contributed by atoms with Gasteiger partial charge in [0, 0.05) is 64.5 Å². The van der Waals surface area contributed by atoms with E-state index in [2.05, 4.69) is 19.9 Å². The summed E-state index contributed by atoms with van der Waals surface area (Å²) in [5, 5.41) is 10.9. The molecule has 2 aliphatic heterocycles. The van der Waals surface area contributed by atoms with Gasteiger partial charge in [0.25, 0.3) is 0 Å². The minimum absolute atomic E-state index is 0.325. The Kier molecular flexibility index (Phi) is 5.02. The van der Waals surface area contributed by atoms with Crippen LogP contribution in [0.2, 0.25) is 0 Å².